The molecule has 1 aromatic heterocycles. The van der Waals surface area contributed by atoms with Gasteiger partial charge in [-0.25, -0.2) is 17.6 Å². The fourth-order valence-corrected chi connectivity index (χ4v) is 2.80. The van der Waals surface area contributed by atoms with Crippen LogP contribution in [-0.2, 0) is 23.2 Å². The monoisotopic (exact) mass is 498 g/mol. The molecule has 0 aliphatic rings. The van der Waals surface area contributed by atoms with Crippen LogP contribution < -0.4 is 0 Å². The molecule has 0 fully saturated rings. The molecule has 0 aliphatic carbocycles. The van der Waals surface area contributed by atoms with Crippen molar-refractivity contribution in [3.05, 3.63) is 75.5 Å². The summed E-state index contributed by atoms with van der Waals surface area (Å²) in [5, 5.41) is 22.4. The quantitative estimate of drug-likeness (QED) is 0.249. The normalized spacial score (nSPS) is 11.1. The Morgan fingerprint density at radius 2 is 1.53 bits per heavy atom. The number of benzene rings is 2. The van der Waals surface area contributed by atoms with Crippen molar-refractivity contribution in [3.8, 4) is 17.6 Å². The second-order valence-electron chi connectivity index (χ2n) is 6.19. The molecular weight excluding hydrogens is 490 g/mol. The maximum Gasteiger partial charge on any atom is 0.416 e. The number of nitriles is 1. The zero-order valence-electron chi connectivity index (χ0n) is 15.5. The van der Waals surface area contributed by atoms with Gasteiger partial charge in [-0.05, 0) is 19.1 Å². The van der Waals surface area contributed by atoms with Gasteiger partial charge in [-0.15, -0.1) is 0 Å². The summed E-state index contributed by atoms with van der Waals surface area (Å²) in [6, 6.07) is 3.78. The summed E-state index contributed by atoms with van der Waals surface area (Å²) in [4.78, 5) is 12.6. The molecular formula is C19H8F7MnN3O2. The van der Waals surface area contributed by atoms with Gasteiger partial charge in [-0.3, -0.25) is 4.79 Å². The van der Waals surface area contributed by atoms with Crippen LogP contribution in [0, 0.1) is 41.5 Å². The predicted molar refractivity (Wildman–Crippen MR) is 89.4 cm³/mol. The first-order valence-electron chi connectivity index (χ1n) is 8.17. The van der Waals surface area contributed by atoms with Gasteiger partial charge in [-0.2, -0.15) is 28.2 Å². The zero-order valence-corrected chi connectivity index (χ0v) is 16.7. The molecule has 5 nitrogen and oxygen atoms in total. The summed E-state index contributed by atoms with van der Waals surface area (Å²) in [5.41, 5.74) is -5.45. The van der Waals surface area contributed by atoms with Crippen LogP contribution in [0.2, 0.25) is 0 Å². The molecule has 167 valence electrons. The number of ketones is 1. The fraction of sp³-hybridized carbons (Fsp3) is 0.105. The van der Waals surface area contributed by atoms with Crippen LogP contribution in [0.25, 0.3) is 5.69 Å². The summed E-state index contributed by atoms with van der Waals surface area (Å²) in [5.74, 6) is -10.5. The molecule has 0 atom stereocenters. The SMILES string of the molecule is Cc1nn(-c2c(F)c(F)c(C#N)c(F)c2F)c(O)c1C(=O)c1ccc(C(F)(F)F)cc1.[Mn]. The van der Waals surface area contributed by atoms with Crippen molar-refractivity contribution in [2.24, 2.45) is 0 Å². The van der Waals surface area contributed by atoms with Gasteiger partial charge in [0, 0.05) is 22.6 Å². The van der Waals surface area contributed by atoms with Crippen molar-refractivity contribution in [1.82, 2.24) is 9.78 Å². The third kappa shape index (κ3) is 3.94. The molecule has 0 bridgehead atoms. The number of nitrogens with zero attached hydrogens (tertiary/aromatic N) is 3. The Morgan fingerprint density at radius 3 is 1.97 bits per heavy atom. The van der Waals surface area contributed by atoms with E-state index in [0.29, 0.717) is 12.1 Å². The van der Waals surface area contributed by atoms with Crippen LogP contribution in [-0.4, -0.2) is 20.7 Å². The van der Waals surface area contributed by atoms with Gasteiger partial charge in [0.1, 0.15) is 22.9 Å². The van der Waals surface area contributed by atoms with Gasteiger partial charge in [0.25, 0.3) is 0 Å². The number of rotatable bonds is 3. The van der Waals surface area contributed by atoms with Gasteiger partial charge < -0.3 is 5.11 Å². The molecule has 0 aliphatic heterocycles. The number of halogens is 7. The number of carbonyl (C=O) groups is 1. The molecule has 32 heavy (non-hydrogen) atoms. The topological polar surface area (TPSA) is 78.9 Å². The predicted octanol–water partition coefficient (Wildman–Crippen LogP) is 4.56. The number of aromatic nitrogens is 2. The van der Waals surface area contributed by atoms with Gasteiger partial charge in [0.05, 0.1) is 11.3 Å². The number of aromatic hydroxyl groups is 1. The summed E-state index contributed by atoms with van der Waals surface area (Å²) >= 11 is 0. The second kappa shape index (κ2) is 8.64. The van der Waals surface area contributed by atoms with E-state index in [1.54, 1.807) is 0 Å². The molecule has 2 aromatic carbocycles. The number of hydrogen-bond donors (Lipinski definition) is 1. The molecule has 0 saturated heterocycles. The van der Waals surface area contributed by atoms with Gasteiger partial charge >= 0.3 is 6.18 Å². The molecule has 0 saturated carbocycles. The van der Waals surface area contributed by atoms with E-state index in [2.05, 4.69) is 5.10 Å². The first-order chi connectivity index (χ1) is 14.4. The number of aryl methyl sites for hydroxylation is 1. The van der Waals surface area contributed by atoms with Crippen LogP contribution in [0.3, 0.4) is 0 Å². The molecule has 3 aromatic rings. The van der Waals surface area contributed by atoms with Crippen LogP contribution in [0.1, 0.15) is 32.7 Å². The Balaban J connectivity index is 0.00000363. The first-order valence-corrected chi connectivity index (χ1v) is 8.17. The molecule has 0 spiro atoms. The molecule has 1 heterocycles. The van der Waals surface area contributed by atoms with Crippen molar-refractivity contribution >= 4 is 5.78 Å². The average Bonchev–Trinajstić information content (AvgIpc) is 3.00. The maximum atomic E-state index is 14.3. The van der Waals surface area contributed by atoms with Gasteiger partial charge in [0.2, 0.25) is 5.88 Å². The maximum absolute atomic E-state index is 14.3. The first kappa shape index (κ1) is 24.9. The summed E-state index contributed by atoms with van der Waals surface area (Å²) in [7, 11) is 0. The molecule has 13 heteroatoms. The van der Waals surface area contributed by atoms with Crippen LogP contribution in [0.5, 0.6) is 5.88 Å². The van der Waals surface area contributed by atoms with Crippen molar-refractivity contribution < 1.29 is 57.7 Å². The summed E-state index contributed by atoms with van der Waals surface area (Å²) < 4.78 is 94.4. The van der Waals surface area contributed by atoms with E-state index in [1.165, 1.54) is 0 Å². The zero-order chi connectivity index (χ0) is 23.2. The van der Waals surface area contributed by atoms with Crippen LogP contribution in [0.4, 0.5) is 30.7 Å². The molecule has 1 radical (unpaired) electrons. The molecule has 3 rings (SSSR count). The Morgan fingerprint density at radius 1 is 1.03 bits per heavy atom. The number of hydrogen-bond acceptors (Lipinski definition) is 4. The second-order valence-corrected chi connectivity index (χ2v) is 6.19. The largest absolute Gasteiger partial charge is 0.493 e. The van der Waals surface area contributed by atoms with Crippen molar-refractivity contribution in [2.75, 3.05) is 0 Å². The Bertz CT molecular complexity index is 1230. The van der Waals surface area contributed by atoms with Crippen molar-refractivity contribution in [1.29, 1.82) is 5.26 Å². The molecule has 0 unspecified atom stereocenters. The number of carbonyl (C=O) groups excluding carboxylic acids is 1. The van der Waals surface area contributed by atoms with Crippen molar-refractivity contribution in [3.63, 3.8) is 0 Å². The molecule has 1 N–H and O–H groups in total. The molecule has 0 amide bonds. The minimum absolute atomic E-state index is 0. The van der Waals surface area contributed by atoms with E-state index in [9.17, 15) is 40.6 Å². The Kier molecular flexibility index (Phi) is 6.73. The van der Waals surface area contributed by atoms with Gasteiger partial charge in [-0.1, -0.05) is 12.1 Å². The van der Waals surface area contributed by atoms with Gasteiger partial charge in [0.15, 0.2) is 29.1 Å². The number of alkyl halides is 3. The Hall–Kier alpha value is -3.36. The minimum atomic E-state index is -4.66. The fourth-order valence-electron chi connectivity index (χ4n) is 2.80. The average molecular weight is 498 g/mol. The van der Waals surface area contributed by atoms with Crippen molar-refractivity contribution in [2.45, 2.75) is 13.1 Å². The smallest absolute Gasteiger partial charge is 0.416 e. The van der Waals surface area contributed by atoms with Crippen LogP contribution in [0.15, 0.2) is 24.3 Å². The third-order valence-electron chi connectivity index (χ3n) is 4.30. The summed E-state index contributed by atoms with van der Waals surface area (Å²) in [6.45, 7) is 1.11. The van der Waals surface area contributed by atoms with E-state index in [0.717, 1.165) is 25.1 Å². The minimum Gasteiger partial charge on any atom is -0.493 e. The standard InChI is InChI=1S/C19H8F7N3O2.Mn/c1-7-11(17(30)8-2-4-9(5-3-8)19(24,25)26)18(31)29(28-7)16-14(22)12(20)10(6-27)13(21)15(16)23;/h2-5,31H,1H3;. The van der Waals surface area contributed by atoms with Crippen LogP contribution >= 0.6 is 0 Å². The Labute approximate surface area is 185 Å². The van der Waals surface area contributed by atoms with E-state index < -0.39 is 63.5 Å². The van der Waals surface area contributed by atoms with E-state index in [1.807, 2.05) is 0 Å². The van der Waals surface area contributed by atoms with E-state index >= 15 is 0 Å². The third-order valence-corrected chi connectivity index (χ3v) is 4.30. The van der Waals surface area contributed by atoms with E-state index in [4.69, 9.17) is 5.26 Å². The van der Waals surface area contributed by atoms with E-state index in [-0.39, 0.29) is 33.0 Å². The summed E-state index contributed by atoms with van der Waals surface area (Å²) in [6.07, 6.45) is -4.66.